The summed E-state index contributed by atoms with van der Waals surface area (Å²) in [4.78, 5) is 0. The number of hydrogen-bond donors (Lipinski definition) is 1. The molecule has 2 heteroatoms. The number of nitrogens with one attached hydrogen (secondary N) is 1. The molecule has 18 heavy (non-hydrogen) atoms. The Kier molecular flexibility index (Phi) is 5.06. The zero-order valence-electron chi connectivity index (χ0n) is 11.6. The van der Waals surface area contributed by atoms with Gasteiger partial charge in [0.15, 0.2) is 0 Å². The van der Waals surface area contributed by atoms with Gasteiger partial charge in [-0.3, -0.25) is 0 Å². The summed E-state index contributed by atoms with van der Waals surface area (Å²) in [6.45, 7) is 3.35. The van der Waals surface area contributed by atoms with Crippen LogP contribution >= 0.6 is 0 Å². The van der Waals surface area contributed by atoms with E-state index in [0.29, 0.717) is 6.04 Å². The zero-order valence-corrected chi connectivity index (χ0v) is 11.6. The maximum Gasteiger partial charge on any atom is 0.122 e. The minimum absolute atomic E-state index is 0.620. The van der Waals surface area contributed by atoms with Crippen molar-refractivity contribution in [3.05, 3.63) is 29.8 Å². The first kappa shape index (κ1) is 13.4. The van der Waals surface area contributed by atoms with Crippen LogP contribution in [0.15, 0.2) is 24.3 Å². The molecule has 1 aromatic carbocycles. The van der Waals surface area contributed by atoms with Gasteiger partial charge >= 0.3 is 0 Å². The number of hydrogen-bond acceptors (Lipinski definition) is 2. The highest BCUT2D eigenvalue weighted by Gasteiger charge is 2.27. The SMILES string of the molecule is CCCNC(Cc1ccccc1OC)C1CCC1. The lowest BCUT2D eigenvalue weighted by atomic mass is 9.77. The summed E-state index contributed by atoms with van der Waals surface area (Å²) < 4.78 is 5.45. The van der Waals surface area contributed by atoms with Crippen LogP contribution in [-0.2, 0) is 6.42 Å². The van der Waals surface area contributed by atoms with Gasteiger partial charge in [0, 0.05) is 6.04 Å². The van der Waals surface area contributed by atoms with E-state index in [-0.39, 0.29) is 0 Å². The Morgan fingerprint density at radius 3 is 2.72 bits per heavy atom. The third kappa shape index (κ3) is 3.26. The van der Waals surface area contributed by atoms with E-state index in [1.165, 1.54) is 31.2 Å². The largest absolute Gasteiger partial charge is 0.496 e. The molecule has 0 amide bonds. The molecule has 0 aliphatic heterocycles. The topological polar surface area (TPSA) is 21.3 Å². The molecule has 0 bridgehead atoms. The molecule has 2 nitrogen and oxygen atoms in total. The molecule has 1 atom stereocenters. The average Bonchev–Trinajstić information content (AvgIpc) is 2.34. The minimum atomic E-state index is 0.620. The minimum Gasteiger partial charge on any atom is -0.496 e. The van der Waals surface area contributed by atoms with Crippen molar-refractivity contribution < 1.29 is 4.74 Å². The third-order valence-corrected chi connectivity index (χ3v) is 4.01. The fraction of sp³-hybridized carbons (Fsp3) is 0.625. The first-order valence-electron chi connectivity index (χ1n) is 7.20. The molecule has 1 unspecified atom stereocenters. The second-order valence-electron chi connectivity index (χ2n) is 5.27. The first-order valence-corrected chi connectivity index (χ1v) is 7.20. The van der Waals surface area contributed by atoms with E-state index < -0.39 is 0 Å². The number of methoxy groups -OCH3 is 1. The molecule has 0 saturated heterocycles. The van der Waals surface area contributed by atoms with Gasteiger partial charge in [0.05, 0.1) is 7.11 Å². The molecule has 1 aliphatic carbocycles. The fourth-order valence-corrected chi connectivity index (χ4v) is 2.69. The molecule has 1 fully saturated rings. The summed E-state index contributed by atoms with van der Waals surface area (Å²) in [6.07, 6.45) is 6.47. The van der Waals surface area contributed by atoms with Crippen LogP contribution in [0.4, 0.5) is 0 Å². The van der Waals surface area contributed by atoms with Crippen LogP contribution < -0.4 is 10.1 Å². The highest BCUT2D eigenvalue weighted by molar-refractivity contribution is 5.34. The maximum atomic E-state index is 5.45. The molecular weight excluding hydrogens is 222 g/mol. The van der Waals surface area contributed by atoms with Crippen LogP contribution in [0, 0.1) is 5.92 Å². The Morgan fingerprint density at radius 1 is 1.33 bits per heavy atom. The third-order valence-electron chi connectivity index (χ3n) is 4.01. The van der Waals surface area contributed by atoms with Crippen molar-refractivity contribution in [3.63, 3.8) is 0 Å². The van der Waals surface area contributed by atoms with E-state index in [1.807, 2.05) is 6.07 Å². The first-order chi connectivity index (χ1) is 8.85. The van der Waals surface area contributed by atoms with E-state index in [2.05, 4.69) is 30.4 Å². The van der Waals surface area contributed by atoms with Crippen LogP contribution in [0.1, 0.15) is 38.2 Å². The second kappa shape index (κ2) is 6.79. The Morgan fingerprint density at radius 2 is 2.11 bits per heavy atom. The zero-order chi connectivity index (χ0) is 12.8. The van der Waals surface area contributed by atoms with Gasteiger partial charge in [-0.25, -0.2) is 0 Å². The lowest BCUT2D eigenvalue weighted by molar-refractivity contribution is 0.226. The van der Waals surface area contributed by atoms with E-state index in [4.69, 9.17) is 4.74 Å². The molecule has 0 spiro atoms. The van der Waals surface area contributed by atoms with Gasteiger partial charge in [-0.2, -0.15) is 0 Å². The van der Waals surface area contributed by atoms with Gasteiger partial charge in [-0.05, 0) is 49.8 Å². The number of para-hydroxylation sites is 1. The Labute approximate surface area is 111 Å². The quantitative estimate of drug-likeness (QED) is 0.797. The second-order valence-corrected chi connectivity index (χ2v) is 5.27. The Bertz CT molecular complexity index is 360. The lowest BCUT2D eigenvalue weighted by Gasteiger charge is -2.35. The summed E-state index contributed by atoms with van der Waals surface area (Å²) in [6, 6.07) is 9.02. The number of benzene rings is 1. The number of ether oxygens (including phenoxy) is 1. The van der Waals surface area contributed by atoms with Crippen molar-refractivity contribution in [2.45, 2.75) is 45.1 Å². The van der Waals surface area contributed by atoms with Crippen LogP contribution in [0.2, 0.25) is 0 Å². The van der Waals surface area contributed by atoms with Crippen molar-refractivity contribution in [2.24, 2.45) is 5.92 Å². The molecule has 1 N–H and O–H groups in total. The Hall–Kier alpha value is -1.02. The predicted molar refractivity (Wildman–Crippen MR) is 76.1 cm³/mol. The van der Waals surface area contributed by atoms with Crippen LogP contribution in [0.5, 0.6) is 5.75 Å². The van der Waals surface area contributed by atoms with E-state index in [1.54, 1.807) is 7.11 Å². The normalized spacial score (nSPS) is 17.2. The molecule has 1 aromatic rings. The molecular formula is C16H25NO. The molecule has 0 aromatic heterocycles. The van der Waals surface area contributed by atoms with Crippen molar-refractivity contribution in [2.75, 3.05) is 13.7 Å². The molecule has 1 saturated carbocycles. The van der Waals surface area contributed by atoms with Gasteiger partial charge in [0.1, 0.15) is 5.75 Å². The van der Waals surface area contributed by atoms with Gasteiger partial charge in [0.2, 0.25) is 0 Å². The van der Waals surface area contributed by atoms with Crippen molar-refractivity contribution >= 4 is 0 Å². The Balaban J connectivity index is 2.02. The average molecular weight is 247 g/mol. The summed E-state index contributed by atoms with van der Waals surface area (Å²) in [7, 11) is 1.76. The molecule has 2 rings (SSSR count). The highest BCUT2D eigenvalue weighted by atomic mass is 16.5. The fourth-order valence-electron chi connectivity index (χ4n) is 2.69. The standard InChI is InChI=1S/C16H25NO/c1-3-11-17-15(13-8-6-9-13)12-14-7-4-5-10-16(14)18-2/h4-5,7,10,13,15,17H,3,6,8-9,11-12H2,1-2H3. The summed E-state index contributed by atoms with van der Waals surface area (Å²) >= 11 is 0. The van der Waals surface area contributed by atoms with Gasteiger partial charge in [0.25, 0.3) is 0 Å². The maximum absolute atomic E-state index is 5.45. The number of rotatable bonds is 7. The molecule has 100 valence electrons. The summed E-state index contributed by atoms with van der Waals surface area (Å²) in [5.41, 5.74) is 1.33. The molecule has 0 heterocycles. The van der Waals surface area contributed by atoms with E-state index in [9.17, 15) is 0 Å². The molecule has 1 aliphatic rings. The monoisotopic (exact) mass is 247 g/mol. The lowest BCUT2D eigenvalue weighted by Crippen LogP contribution is -2.41. The van der Waals surface area contributed by atoms with Crippen molar-refractivity contribution in [1.29, 1.82) is 0 Å². The van der Waals surface area contributed by atoms with Crippen molar-refractivity contribution in [1.82, 2.24) is 5.32 Å². The van der Waals surface area contributed by atoms with Crippen molar-refractivity contribution in [3.8, 4) is 5.75 Å². The summed E-state index contributed by atoms with van der Waals surface area (Å²) in [5, 5.41) is 3.72. The van der Waals surface area contributed by atoms with Crippen LogP contribution in [0.3, 0.4) is 0 Å². The summed E-state index contributed by atoms with van der Waals surface area (Å²) in [5.74, 6) is 1.89. The van der Waals surface area contributed by atoms with Gasteiger partial charge < -0.3 is 10.1 Å². The smallest absolute Gasteiger partial charge is 0.122 e. The van der Waals surface area contributed by atoms with E-state index in [0.717, 1.165) is 24.6 Å². The van der Waals surface area contributed by atoms with Gasteiger partial charge in [-0.1, -0.05) is 31.5 Å². The van der Waals surface area contributed by atoms with Crippen LogP contribution in [-0.4, -0.2) is 19.7 Å². The van der Waals surface area contributed by atoms with E-state index >= 15 is 0 Å². The van der Waals surface area contributed by atoms with Gasteiger partial charge in [-0.15, -0.1) is 0 Å². The molecule has 0 radical (unpaired) electrons. The predicted octanol–water partition coefficient (Wildman–Crippen LogP) is 3.41. The highest BCUT2D eigenvalue weighted by Crippen LogP contribution is 2.32. The van der Waals surface area contributed by atoms with Crippen LogP contribution in [0.25, 0.3) is 0 Å².